The number of nitrogens with zero attached hydrogens (tertiary/aromatic N) is 1. The van der Waals surface area contributed by atoms with Crippen LogP contribution in [0, 0.1) is 0 Å². The number of benzene rings is 1. The maximum Gasteiger partial charge on any atom is 0.258 e. The molecular weight excluding hydrogens is 272 g/mol. The molecule has 0 atom stereocenters. The lowest BCUT2D eigenvalue weighted by Gasteiger charge is -2.19. The zero-order valence-electron chi connectivity index (χ0n) is 11.0. The largest absolute Gasteiger partial charge is 0.380 e. The van der Waals surface area contributed by atoms with Crippen LogP contribution in [0.3, 0.4) is 0 Å². The lowest BCUT2D eigenvalue weighted by molar-refractivity contribution is -0.133. The normalized spacial score (nSPS) is 17.1. The van der Waals surface area contributed by atoms with Gasteiger partial charge in [0.25, 0.3) is 5.91 Å². The van der Waals surface area contributed by atoms with Gasteiger partial charge in [-0.3, -0.25) is 10.1 Å². The van der Waals surface area contributed by atoms with Crippen LogP contribution in [0.2, 0.25) is 0 Å². The molecule has 2 aromatic rings. The Balaban J connectivity index is 1.73. The molecule has 1 saturated carbocycles. The van der Waals surface area contributed by atoms with Crippen LogP contribution < -0.4 is 5.32 Å². The molecule has 2 N–H and O–H groups in total. The van der Waals surface area contributed by atoms with E-state index in [2.05, 4.69) is 10.3 Å². The minimum atomic E-state index is -1.21. The summed E-state index contributed by atoms with van der Waals surface area (Å²) in [5.74, 6) is -0.330. The first-order chi connectivity index (χ1) is 9.67. The van der Waals surface area contributed by atoms with Crippen molar-refractivity contribution in [3.63, 3.8) is 0 Å². The fourth-order valence-electron chi connectivity index (χ4n) is 2.47. The monoisotopic (exact) mass is 288 g/mol. The molecule has 0 unspecified atom stereocenters. The van der Waals surface area contributed by atoms with E-state index in [9.17, 15) is 9.90 Å². The highest BCUT2D eigenvalue weighted by Crippen LogP contribution is 2.33. The predicted octanol–water partition coefficient (Wildman–Crippen LogP) is 3.05. The van der Waals surface area contributed by atoms with Crippen LogP contribution in [-0.2, 0) is 4.79 Å². The lowest BCUT2D eigenvalue weighted by atomic mass is 10.0. The van der Waals surface area contributed by atoms with Crippen molar-refractivity contribution in [2.75, 3.05) is 5.32 Å². The molecule has 3 rings (SSSR count). The minimum absolute atomic E-state index is 0.330. The number of amides is 1. The Labute approximate surface area is 121 Å². The van der Waals surface area contributed by atoms with Crippen molar-refractivity contribution in [1.29, 1.82) is 0 Å². The number of hydrogen-bond acceptors (Lipinski definition) is 4. The topological polar surface area (TPSA) is 62.2 Å². The molecule has 1 aliphatic carbocycles. The zero-order chi connectivity index (χ0) is 14.0. The SMILES string of the molecule is O=C(Nc1ncc(-c2ccccc2)s1)C1(O)CCCC1. The summed E-state index contributed by atoms with van der Waals surface area (Å²) >= 11 is 1.42. The van der Waals surface area contributed by atoms with E-state index in [1.807, 2.05) is 30.3 Å². The minimum Gasteiger partial charge on any atom is -0.380 e. The summed E-state index contributed by atoms with van der Waals surface area (Å²) in [6.07, 6.45) is 4.62. The Bertz CT molecular complexity index is 603. The number of carbonyl (C=O) groups is 1. The Morgan fingerprint density at radius 1 is 1.25 bits per heavy atom. The molecule has 0 bridgehead atoms. The molecule has 0 aliphatic heterocycles. The second-order valence-corrected chi connectivity index (χ2v) is 6.12. The van der Waals surface area contributed by atoms with Crippen molar-refractivity contribution in [2.45, 2.75) is 31.3 Å². The first kappa shape index (κ1) is 13.3. The number of carbonyl (C=O) groups excluding carboxylic acids is 1. The van der Waals surface area contributed by atoms with E-state index in [0.29, 0.717) is 18.0 Å². The van der Waals surface area contributed by atoms with Crippen LogP contribution in [0.1, 0.15) is 25.7 Å². The fourth-order valence-corrected chi connectivity index (χ4v) is 3.28. The molecule has 0 spiro atoms. The summed E-state index contributed by atoms with van der Waals surface area (Å²) in [5, 5.41) is 13.5. The molecular formula is C15H16N2O2S. The first-order valence-corrected chi connectivity index (χ1v) is 7.54. The molecule has 1 fully saturated rings. The van der Waals surface area contributed by atoms with E-state index >= 15 is 0 Å². The van der Waals surface area contributed by atoms with Crippen LogP contribution in [-0.4, -0.2) is 21.6 Å². The van der Waals surface area contributed by atoms with E-state index in [-0.39, 0.29) is 5.91 Å². The Morgan fingerprint density at radius 3 is 2.65 bits per heavy atom. The average Bonchev–Trinajstić information content (AvgIpc) is 3.10. The smallest absolute Gasteiger partial charge is 0.258 e. The lowest BCUT2D eigenvalue weighted by Crippen LogP contribution is -2.40. The highest BCUT2D eigenvalue weighted by atomic mass is 32.1. The number of thiazole rings is 1. The van der Waals surface area contributed by atoms with Gasteiger partial charge in [0.15, 0.2) is 5.13 Å². The molecule has 5 heteroatoms. The van der Waals surface area contributed by atoms with Crippen LogP contribution in [0.25, 0.3) is 10.4 Å². The van der Waals surface area contributed by atoms with Crippen LogP contribution in [0.4, 0.5) is 5.13 Å². The van der Waals surface area contributed by atoms with Crippen LogP contribution in [0.5, 0.6) is 0 Å². The predicted molar refractivity (Wildman–Crippen MR) is 79.6 cm³/mol. The summed E-state index contributed by atoms with van der Waals surface area (Å²) in [4.78, 5) is 17.3. The molecule has 1 amide bonds. The molecule has 1 aliphatic rings. The van der Waals surface area contributed by atoms with Crippen LogP contribution in [0.15, 0.2) is 36.5 Å². The molecule has 1 aromatic heterocycles. The third-order valence-electron chi connectivity index (χ3n) is 3.64. The number of aliphatic hydroxyl groups is 1. The maximum atomic E-state index is 12.1. The third-order valence-corrected chi connectivity index (χ3v) is 4.60. The zero-order valence-corrected chi connectivity index (χ0v) is 11.8. The number of aromatic nitrogens is 1. The quantitative estimate of drug-likeness (QED) is 0.912. The fraction of sp³-hybridized carbons (Fsp3) is 0.333. The summed E-state index contributed by atoms with van der Waals surface area (Å²) in [5.41, 5.74) is -0.136. The maximum absolute atomic E-state index is 12.1. The van der Waals surface area contributed by atoms with E-state index in [1.165, 1.54) is 11.3 Å². The Morgan fingerprint density at radius 2 is 1.95 bits per heavy atom. The van der Waals surface area contributed by atoms with Gasteiger partial charge in [-0.2, -0.15) is 0 Å². The number of anilines is 1. The number of hydrogen-bond donors (Lipinski definition) is 2. The summed E-state index contributed by atoms with van der Waals surface area (Å²) < 4.78 is 0. The second kappa shape index (κ2) is 5.34. The molecule has 20 heavy (non-hydrogen) atoms. The van der Waals surface area contributed by atoms with Gasteiger partial charge < -0.3 is 5.11 Å². The summed E-state index contributed by atoms with van der Waals surface area (Å²) in [6, 6.07) is 9.90. The number of nitrogens with one attached hydrogen (secondary N) is 1. The van der Waals surface area contributed by atoms with E-state index in [4.69, 9.17) is 0 Å². The Hall–Kier alpha value is -1.72. The second-order valence-electron chi connectivity index (χ2n) is 5.09. The van der Waals surface area contributed by atoms with Gasteiger partial charge in [-0.25, -0.2) is 4.98 Å². The van der Waals surface area contributed by atoms with Crippen LogP contribution >= 0.6 is 11.3 Å². The van der Waals surface area contributed by atoms with Gasteiger partial charge in [-0.05, 0) is 31.2 Å². The van der Waals surface area contributed by atoms with Crippen molar-refractivity contribution in [3.05, 3.63) is 36.5 Å². The van der Waals surface area contributed by atoms with Crippen molar-refractivity contribution in [3.8, 4) is 10.4 Å². The van der Waals surface area contributed by atoms with Gasteiger partial charge in [0, 0.05) is 6.20 Å². The molecule has 4 nitrogen and oxygen atoms in total. The van der Waals surface area contributed by atoms with Gasteiger partial charge in [0.05, 0.1) is 4.88 Å². The van der Waals surface area contributed by atoms with Gasteiger partial charge in [-0.15, -0.1) is 0 Å². The molecule has 0 saturated heterocycles. The van der Waals surface area contributed by atoms with Crippen molar-refractivity contribution in [1.82, 2.24) is 4.98 Å². The Kier molecular flexibility index (Phi) is 3.54. The van der Waals surface area contributed by atoms with E-state index < -0.39 is 5.60 Å². The molecule has 1 aromatic carbocycles. The highest BCUT2D eigenvalue weighted by Gasteiger charge is 2.39. The third kappa shape index (κ3) is 2.59. The molecule has 104 valence electrons. The summed E-state index contributed by atoms with van der Waals surface area (Å²) in [7, 11) is 0. The van der Waals surface area contributed by atoms with Gasteiger partial charge >= 0.3 is 0 Å². The van der Waals surface area contributed by atoms with Crippen molar-refractivity contribution >= 4 is 22.4 Å². The van der Waals surface area contributed by atoms with E-state index in [1.54, 1.807) is 6.20 Å². The van der Waals surface area contributed by atoms with Gasteiger partial charge in [0.1, 0.15) is 5.60 Å². The first-order valence-electron chi connectivity index (χ1n) is 6.72. The highest BCUT2D eigenvalue weighted by molar-refractivity contribution is 7.19. The molecule has 1 heterocycles. The molecule has 0 radical (unpaired) electrons. The van der Waals surface area contributed by atoms with Crippen molar-refractivity contribution < 1.29 is 9.90 Å². The standard InChI is InChI=1S/C15H16N2O2S/c18-13(15(19)8-4-5-9-15)17-14-16-10-12(20-14)11-6-2-1-3-7-11/h1-3,6-7,10,19H,4-5,8-9H2,(H,16,17,18). The average molecular weight is 288 g/mol. The van der Waals surface area contributed by atoms with Gasteiger partial charge in [0.2, 0.25) is 0 Å². The summed E-state index contributed by atoms with van der Waals surface area (Å²) in [6.45, 7) is 0. The van der Waals surface area contributed by atoms with E-state index in [0.717, 1.165) is 23.3 Å². The number of rotatable bonds is 3. The van der Waals surface area contributed by atoms with Gasteiger partial charge in [-0.1, -0.05) is 41.7 Å². The van der Waals surface area contributed by atoms with Crippen molar-refractivity contribution in [2.24, 2.45) is 0 Å².